The molecule has 0 saturated carbocycles. The first-order chi connectivity index (χ1) is 22.4. The van der Waals surface area contributed by atoms with Gasteiger partial charge in [0.25, 0.3) is 0 Å². The van der Waals surface area contributed by atoms with Gasteiger partial charge in [-0.3, -0.25) is 9.05 Å². The molecule has 3 fully saturated rings. The molecule has 7 rings (SSSR count). The van der Waals surface area contributed by atoms with Crippen LogP contribution < -0.4 is 22.8 Å². The number of esters is 1. The van der Waals surface area contributed by atoms with Gasteiger partial charge in [-0.05, 0) is 0 Å². The molecule has 3 saturated heterocycles. The normalized spacial score (nSPS) is 34.9. The lowest BCUT2D eigenvalue weighted by Crippen LogP contribution is -2.41. The molecule has 10 atom stereocenters. The molecule has 4 aromatic rings. The SMILES string of the molecule is Nc1ncnc2c1[nH]c(=O)n2[C@@H]1OC2COP(=O)(S)O[C@H]3C(O)[C@@H](OC(=O)C(S)O[C@H]2C1CO)O[C@H]3n1c(=O)[nH]c2c(N)ncnc21. The topological polar surface area (TPSA) is 309 Å². The molecule has 0 spiro atoms. The molecule has 0 radical (unpaired) electrons. The number of hydrogen-bond donors (Lipinski definition) is 8. The predicted molar refractivity (Wildman–Crippen MR) is 161 cm³/mol. The number of aliphatic hydroxyl groups is 2. The van der Waals surface area contributed by atoms with Crippen LogP contribution in [0.3, 0.4) is 0 Å². The molecule has 8 N–H and O–H groups in total. The molecule has 4 aromatic heterocycles. The van der Waals surface area contributed by atoms with Gasteiger partial charge in [-0.2, -0.15) is 0 Å². The summed E-state index contributed by atoms with van der Waals surface area (Å²) in [7, 11) is 0. The van der Waals surface area contributed by atoms with E-state index < -0.39 is 91.9 Å². The minimum atomic E-state index is -4.50. The highest BCUT2D eigenvalue weighted by Crippen LogP contribution is 2.57. The van der Waals surface area contributed by atoms with E-state index in [1.807, 2.05) is 0 Å². The van der Waals surface area contributed by atoms with Crippen LogP contribution >= 0.6 is 31.7 Å². The van der Waals surface area contributed by atoms with Gasteiger partial charge in [0, 0.05) is 0 Å². The van der Waals surface area contributed by atoms with Gasteiger partial charge in [-0.15, -0.1) is 12.6 Å². The number of carbonyl (C=O) groups is 1. The number of anilines is 2. The summed E-state index contributed by atoms with van der Waals surface area (Å²) in [6.07, 6.45) is -8.61. The number of carbonyl (C=O) groups excluding carboxylic acids is 1. The summed E-state index contributed by atoms with van der Waals surface area (Å²) >= 11 is 8.25. The molecule has 47 heavy (non-hydrogen) atoms. The van der Waals surface area contributed by atoms with E-state index in [2.05, 4.69) is 54.8 Å². The van der Waals surface area contributed by atoms with Gasteiger partial charge in [-0.1, -0.05) is 12.2 Å². The summed E-state index contributed by atoms with van der Waals surface area (Å²) in [5.74, 6) is -2.36. The van der Waals surface area contributed by atoms with Crippen molar-refractivity contribution in [3.05, 3.63) is 33.6 Å². The highest BCUT2D eigenvalue weighted by Gasteiger charge is 2.54. The third-order valence-corrected chi connectivity index (χ3v) is 9.75. The van der Waals surface area contributed by atoms with E-state index in [0.29, 0.717) is 0 Å². The average Bonchev–Trinajstić information content (AvgIpc) is 3.73. The van der Waals surface area contributed by atoms with Crippen LogP contribution in [-0.2, 0) is 37.4 Å². The third-order valence-electron chi connectivity index (χ3n) is 7.81. The van der Waals surface area contributed by atoms with Gasteiger partial charge in [0.15, 0.2) is 34.6 Å². The lowest BCUT2D eigenvalue weighted by Gasteiger charge is -2.27. The second-order valence-corrected chi connectivity index (χ2v) is 13.9. The number of aliphatic hydroxyl groups excluding tert-OH is 2. The van der Waals surface area contributed by atoms with Crippen LogP contribution in [0.4, 0.5) is 11.6 Å². The van der Waals surface area contributed by atoms with Gasteiger partial charge in [0.2, 0.25) is 6.29 Å². The van der Waals surface area contributed by atoms with Crippen molar-refractivity contribution in [3.63, 3.8) is 0 Å². The minimum absolute atomic E-state index is 0.0268. The molecular formula is C22H25N10O12PS2. The van der Waals surface area contributed by atoms with Crippen molar-refractivity contribution in [2.24, 2.45) is 5.92 Å². The Morgan fingerprint density at radius 2 is 1.53 bits per heavy atom. The number of hydrogen-bond acceptors (Lipinski definition) is 19. The first-order valence-corrected chi connectivity index (χ1v) is 16.8. The van der Waals surface area contributed by atoms with Gasteiger partial charge in [-0.25, -0.2) is 48.0 Å². The van der Waals surface area contributed by atoms with Crippen LogP contribution in [0, 0.1) is 5.92 Å². The molecule has 0 aromatic carbocycles. The maximum Gasteiger partial charge on any atom is 0.386 e. The summed E-state index contributed by atoms with van der Waals surface area (Å²) in [6.45, 7) is -5.77. The van der Waals surface area contributed by atoms with Crippen molar-refractivity contribution >= 4 is 71.6 Å². The molecule has 7 heterocycles. The molecule has 3 aliphatic rings. The van der Waals surface area contributed by atoms with E-state index in [4.69, 9.17) is 39.5 Å². The fourth-order valence-corrected chi connectivity index (χ4v) is 7.38. The first kappa shape index (κ1) is 32.0. The number of nitrogens with one attached hydrogen (secondary N) is 2. The van der Waals surface area contributed by atoms with E-state index in [9.17, 15) is 29.2 Å². The summed E-state index contributed by atoms with van der Waals surface area (Å²) in [5, 5.41) is 21.5. The number of fused-ring (bicyclic) bond motifs is 5. The Hall–Kier alpha value is -3.58. The fraction of sp³-hybridized carbons (Fsp3) is 0.500. The Kier molecular flexibility index (Phi) is 8.05. The van der Waals surface area contributed by atoms with Crippen LogP contribution in [-0.4, -0.2) is 105 Å². The Bertz CT molecular complexity index is 2040. The van der Waals surface area contributed by atoms with E-state index in [1.165, 1.54) is 0 Å². The van der Waals surface area contributed by atoms with Crippen LogP contribution in [0.1, 0.15) is 12.5 Å². The predicted octanol–water partition coefficient (Wildman–Crippen LogP) is -2.22. The Balaban J connectivity index is 1.24. The van der Waals surface area contributed by atoms with E-state index in [0.717, 1.165) is 21.8 Å². The average molecular weight is 717 g/mol. The number of nitrogens with two attached hydrogens (primary N) is 2. The first-order valence-electron chi connectivity index (χ1n) is 13.6. The zero-order valence-electron chi connectivity index (χ0n) is 23.4. The standard InChI is InChI=1S/C22H25N10O12PS2/c23-12-7-14(27-3-25-12)31(21(36)29-7)16-5(1-33)10-6(40-16)2-39-45(38,47)44-11-9(34)19(43-18(35)20(46)41-10)42-17(11)32-15-8(30-22(32)37)13(24)26-4-28-15/h3-6,9-11,16-17,19-20,33-34,46H,1-2H2,(H,29,36)(H,30,37)(H,38,47)(H2,23,25,27)(H2,24,26,28)/t5?,6?,9?,10-,11-,16+,17+,19+,20?,45?/m0/s1. The number of rotatable bonds is 3. The lowest BCUT2D eigenvalue weighted by atomic mass is 10.0. The van der Waals surface area contributed by atoms with Crippen molar-refractivity contribution in [1.29, 1.82) is 0 Å². The minimum Gasteiger partial charge on any atom is -0.430 e. The molecule has 22 nitrogen and oxygen atoms in total. The fourth-order valence-electron chi connectivity index (χ4n) is 5.71. The second kappa shape index (κ2) is 11.8. The number of nitrogen functional groups attached to an aromatic ring is 2. The highest BCUT2D eigenvalue weighted by atomic mass is 32.7. The zero-order chi connectivity index (χ0) is 33.4. The maximum absolute atomic E-state index is 13.6. The smallest absolute Gasteiger partial charge is 0.386 e. The van der Waals surface area contributed by atoms with Gasteiger partial charge in [0.05, 0.1) is 25.2 Å². The second-order valence-electron chi connectivity index (χ2n) is 10.5. The number of nitrogens with zero attached hydrogens (tertiary/aromatic N) is 6. The van der Waals surface area contributed by atoms with Crippen molar-refractivity contribution in [3.8, 4) is 0 Å². The Morgan fingerprint density at radius 3 is 2.13 bits per heavy atom. The van der Waals surface area contributed by atoms with Crippen LogP contribution in [0.5, 0.6) is 0 Å². The van der Waals surface area contributed by atoms with Gasteiger partial charge in [0.1, 0.15) is 48.2 Å². The Morgan fingerprint density at radius 1 is 0.936 bits per heavy atom. The summed E-state index contributed by atoms with van der Waals surface area (Å²) < 4.78 is 49.7. The van der Waals surface area contributed by atoms with E-state index >= 15 is 0 Å². The van der Waals surface area contributed by atoms with Crippen molar-refractivity contribution < 1.29 is 47.6 Å². The molecule has 0 amide bonds. The Labute approximate surface area is 270 Å². The number of ether oxygens (including phenoxy) is 4. The number of thiol groups is 2. The van der Waals surface area contributed by atoms with E-state index in [1.54, 1.807) is 0 Å². The molecule has 25 heteroatoms. The number of imidazole rings is 2. The van der Waals surface area contributed by atoms with Crippen molar-refractivity contribution in [1.82, 2.24) is 39.0 Å². The van der Waals surface area contributed by atoms with E-state index in [-0.39, 0.29) is 34.0 Å². The summed E-state index contributed by atoms with van der Waals surface area (Å²) in [4.78, 5) is 60.0. The molecular weight excluding hydrogens is 691 g/mol. The molecule has 5 unspecified atom stereocenters. The van der Waals surface area contributed by atoms with Gasteiger partial charge < -0.3 is 50.6 Å². The van der Waals surface area contributed by atoms with Crippen molar-refractivity contribution in [2.45, 2.75) is 48.6 Å². The van der Waals surface area contributed by atoms with Gasteiger partial charge >= 0.3 is 24.1 Å². The number of aromatic amines is 2. The van der Waals surface area contributed by atoms with Crippen LogP contribution in [0.25, 0.3) is 22.3 Å². The largest absolute Gasteiger partial charge is 0.430 e. The lowest BCUT2D eigenvalue weighted by molar-refractivity contribution is -0.201. The summed E-state index contributed by atoms with van der Waals surface area (Å²) in [5.41, 5.74) is 8.58. The molecule has 3 aliphatic heterocycles. The molecule has 0 aliphatic carbocycles. The maximum atomic E-state index is 13.6. The third kappa shape index (κ3) is 5.39. The molecule has 252 valence electrons. The summed E-state index contributed by atoms with van der Waals surface area (Å²) in [6, 6.07) is 0. The molecule has 2 bridgehead atoms. The number of aromatic nitrogens is 8. The van der Waals surface area contributed by atoms with Crippen LogP contribution in [0.15, 0.2) is 22.2 Å². The monoisotopic (exact) mass is 716 g/mol. The van der Waals surface area contributed by atoms with Crippen LogP contribution in [0.2, 0.25) is 0 Å². The quantitative estimate of drug-likeness (QED) is 0.0632. The number of H-pyrrole nitrogens is 2. The highest BCUT2D eigenvalue weighted by molar-refractivity contribution is 8.44. The zero-order valence-corrected chi connectivity index (χ0v) is 26.1. The van der Waals surface area contributed by atoms with Crippen molar-refractivity contribution in [2.75, 3.05) is 24.7 Å².